The van der Waals surface area contributed by atoms with E-state index in [2.05, 4.69) is 9.68 Å². The Morgan fingerprint density at radius 3 is 2.75 bits per heavy atom. The van der Waals surface area contributed by atoms with Gasteiger partial charge < -0.3 is 20.1 Å². The Balaban J connectivity index is 2.60. The van der Waals surface area contributed by atoms with E-state index in [1.54, 1.807) is 0 Å². The van der Waals surface area contributed by atoms with Gasteiger partial charge in [0.1, 0.15) is 0 Å². The minimum Gasteiger partial charge on any atom is -0.502 e. The zero-order chi connectivity index (χ0) is 11.7. The van der Waals surface area contributed by atoms with E-state index in [0.29, 0.717) is 0 Å². The van der Waals surface area contributed by atoms with Gasteiger partial charge >= 0.3 is 0 Å². The second kappa shape index (κ2) is 3.73. The molecule has 0 saturated heterocycles. The van der Waals surface area contributed by atoms with Crippen LogP contribution in [-0.4, -0.2) is 17.4 Å². The number of aromatic hydroxyl groups is 1. The number of anilines is 1. The fourth-order valence-electron chi connectivity index (χ4n) is 1.37. The number of nitrogens with zero attached hydrogens (tertiary/aromatic N) is 1. The van der Waals surface area contributed by atoms with Gasteiger partial charge in [0, 0.05) is 5.56 Å². The van der Waals surface area contributed by atoms with Crippen LogP contribution >= 0.6 is 0 Å². The maximum atomic E-state index is 13.7. The number of methoxy groups -OCH3 is 1. The highest BCUT2D eigenvalue weighted by Crippen LogP contribution is 2.37. The number of rotatable bonds is 2. The van der Waals surface area contributed by atoms with Crippen LogP contribution in [0.2, 0.25) is 0 Å². The third kappa shape index (κ3) is 1.44. The van der Waals surface area contributed by atoms with Gasteiger partial charge in [-0.1, -0.05) is 5.16 Å². The molecule has 1 aromatic carbocycles. The average Bonchev–Trinajstić information content (AvgIpc) is 2.69. The molecule has 0 bridgehead atoms. The molecule has 1 heterocycles. The molecule has 6 heteroatoms. The molecule has 16 heavy (non-hydrogen) atoms. The average molecular weight is 224 g/mol. The molecule has 0 spiro atoms. The van der Waals surface area contributed by atoms with E-state index in [9.17, 15) is 9.50 Å². The molecule has 1 aromatic heterocycles. The molecule has 0 amide bonds. The molecule has 2 rings (SSSR count). The van der Waals surface area contributed by atoms with Crippen LogP contribution < -0.4 is 10.5 Å². The molecule has 0 aliphatic rings. The van der Waals surface area contributed by atoms with Gasteiger partial charge in [-0.15, -0.1) is 0 Å². The van der Waals surface area contributed by atoms with Gasteiger partial charge in [-0.2, -0.15) is 0 Å². The molecule has 0 fully saturated rings. The predicted molar refractivity (Wildman–Crippen MR) is 54.5 cm³/mol. The number of hydrogen-bond acceptors (Lipinski definition) is 5. The number of hydrogen-bond donors (Lipinski definition) is 2. The lowest BCUT2D eigenvalue weighted by Crippen LogP contribution is -1.91. The van der Waals surface area contributed by atoms with Crippen molar-refractivity contribution in [3.05, 3.63) is 24.1 Å². The summed E-state index contributed by atoms with van der Waals surface area (Å²) >= 11 is 0. The fourth-order valence-corrected chi connectivity index (χ4v) is 1.37. The third-order valence-corrected chi connectivity index (χ3v) is 2.19. The fraction of sp³-hybridized carbons (Fsp3) is 0.100. The highest BCUT2D eigenvalue weighted by Gasteiger charge is 2.17. The van der Waals surface area contributed by atoms with Crippen LogP contribution in [0.4, 0.5) is 10.3 Å². The lowest BCUT2D eigenvalue weighted by Gasteiger charge is -2.07. The van der Waals surface area contributed by atoms with Crippen LogP contribution in [0.5, 0.6) is 11.5 Å². The summed E-state index contributed by atoms with van der Waals surface area (Å²) in [4.78, 5) is 0. The minimum absolute atomic E-state index is 0.0107. The monoisotopic (exact) mass is 224 g/mol. The summed E-state index contributed by atoms with van der Waals surface area (Å²) in [5.41, 5.74) is 5.85. The number of halogens is 1. The lowest BCUT2D eigenvalue weighted by atomic mass is 10.1. The number of nitrogens with two attached hydrogens (primary N) is 1. The Hall–Kier alpha value is -2.24. The Morgan fingerprint density at radius 1 is 1.44 bits per heavy atom. The Kier molecular flexibility index (Phi) is 2.40. The van der Waals surface area contributed by atoms with Gasteiger partial charge in [0.2, 0.25) is 5.88 Å². The van der Waals surface area contributed by atoms with E-state index in [4.69, 9.17) is 10.5 Å². The molecule has 0 saturated carbocycles. The Labute approximate surface area is 90.2 Å². The van der Waals surface area contributed by atoms with Gasteiger partial charge in [-0.05, 0) is 12.1 Å². The van der Waals surface area contributed by atoms with Crippen molar-refractivity contribution < 1.29 is 18.8 Å². The van der Waals surface area contributed by atoms with Crippen LogP contribution in [-0.2, 0) is 0 Å². The number of phenolic OH excluding ortho intramolecular Hbond substituents is 1. The molecule has 5 nitrogen and oxygen atoms in total. The zero-order valence-corrected chi connectivity index (χ0v) is 8.40. The Morgan fingerprint density at radius 2 is 2.19 bits per heavy atom. The van der Waals surface area contributed by atoms with E-state index in [0.717, 1.165) is 0 Å². The summed E-state index contributed by atoms with van der Waals surface area (Å²) in [6.07, 6.45) is 1.28. The molecule has 0 aliphatic heterocycles. The second-order valence-corrected chi connectivity index (χ2v) is 3.08. The third-order valence-electron chi connectivity index (χ3n) is 2.19. The molecule has 0 radical (unpaired) electrons. The summed E-state index contributed by atoms with van der Waals surface area (Å²) in [7, 11) is 1.34. The van der Waals surface area contributed by atoms with Gasteiger partial charge in [-0.25, -0.2) is 4.39 Å². The maximum Gasteiger partial charge on any atom is 0.230 e. The van der Waals surface area contributed by atoms with Gasteiger partial charge in [0.05, 0.1) is 18.9 Å². The summed E-state index contributed by atoms with van der Waals surface area (Å²) in [5, 5.41) is 12.9. The van der Waals surface area contributed by atoms with Crippen molar-refractivity contribution in [1.29, 1.82) is 0 Å². The number of phenols is 1. The van der Waals surface area contributed by atoms with Crippen molar-refractivity contribution in [2.75, 3.05) is 12.8 Å². The maximum absolute atomic E-state index is 13.7. The summed E-state index contributed by atoms with van der Waals surface area (Å²) in [5.74, 6) is -1.35. The van der Waals surface area contributed by atoms with Gasteiger partial charge in [0.15, 0.2) is 17.3 Å². The topological polar surface area (TPSA) is 81.5 Å². The van der Waals surface area contributed by atoms with Crippen LogP contribution in [0.25, 0.3) is 11.1 Å². The first-order valence-corrected chi connectivity index (χ1v) is 4.41. The predicted octanol–water partition coefficient (Wildman–Crippen LogP) is 1.78. The van der Waals surface area contributed by atoms with Crippen molar-refractivity contribution in [3.8, 4) is 22.6 Å². The smallest absolute Gasteiger partial charge is 0.230 e. The van der Waals surface area contributed by atoms with E-state index in [-0.39, 0.29) is 22.8 Å². The van der Waals surface area contributed by atoms with Crippen LogP contribution in [0, 0.1) is 5.82 Å². The van der Waals surface area contributed by atoms with E-state index in [1.165, 1.54) is 25.4 Å². The molecule has 84 valence electrons. The first-order chi connectivity index (χ1) is 7.65. The highest BCUT2D eigenvalue weighted by molar-refractivity contribution is 5.74. The molecule has 0 atom stereocenters. The Bertz CT molecular complexity index is 525. The molecular formula is C10H9FN2O3. The molecule has 0 unspecified atom stereocenters. The summed E-state index contributed by atoms with van der Waals surface area (Å²) in [6, 6.07) is 2.86. The molecule has 0 aliphatic carbocycles. The normalized spacial score (nSPS) is 10.4. The minimum atomic E-state index is -0.825. The number of benzene rings is 1. The van der Waals surface area contributed by atoms with Crippen molar-refractivity contribution in [2.24, 2.45) is 0 Å². The van der Waals surface area contributed by atoms with Crippen LogP contribution in [0.3, 0.4) is 0 Å². The summed E-state index contributed by atoms with van der Waals surface area (Å²) < 4.78 is 23.1. The number of nitrogen functional groups attached to an aromatic ring is 1. The highest BCUT2D eigenvalue weighted by atomic mass is 19.1. The standard InChI is InChI=1S/C10H9FN2O3/c1-15-7-3-2-5(8(11)9(7)14)6-4-13-16-10(6)12/h2-4,14H,12H2,1H3. The largest absolute Gasteiger partial charge is 0.502 e. The van der Waals surface area contributed by atoms with E-state index < -0.39 is 11.6 Å². The molecule has 2 aromatic rings. The zero-order valence-electron chi connectivity index (χ0n) is 8.40. The van der Waals surface area contributed by atoms with Crippen molar-refractivity contribution in [1.82, 2.24) is 5.16 Å². The first kappa shape index (κ1) is 10.3. The van der Waals surface area contributed by atoms with Crippen molar-refractivity contribution >= 4 is 5.88 Å². The first-order valence-electron chi connectivity index (χ1n) is 4.41. The SMILES string of the molecule is COc1ccc(-c2cnoc2N)c(F)c1O. The lowest BCUT2D eigenvalue weighted by molar-refractivity contribution is 0.357. The van der Waals surface area contributed by atoms with E-state index in [1.807, 2.05) is 0 Å². The molecule has 3 N–H and O–H groups in total. The van der Waals surface area contributed by atoms with Crippen molar-refractivity contribution in [3.63, 3.8) is 0 Å². The van der Waals surface area contributed by atoms with Crippen molar-refractivity contribution in [2.45, 2.75) is 0 Å². The van der Waals surface area contributed by atoms with Crippen LogP contribution in [0.1, 0.15) is 0 Å². The van der Waals surface area contributed by atoms with Crippen LogP contribution in [0.15, 0.2) is 22.9 Å². The number of aromatic nitrogens is 1. The summed E-state index contributed by atoms with van der Waals surface area (Å²) in [6.45, 7) is 0. The number of ether oxygens (including phenoxy) is 1. The van der Waals surface area contributed by atoms with Gasteiger partial charge in [0.25, 0.3) is 0 Å². The van der Waals surface area contributed by atoms with E-state index >= 15 is 0 Å². The molecular weight excluding hydrogens is 215 g/mol. The second-order valence-electron chi connectivity index (χ2n) is 3.08. The quantitative estimate of drug-likeness (QED) is 0.812. The van der Waals surface area contributed by atoms with Gasteiger partial charge in [-0.3, -0.25) is 0 Å².